The molecule has 9 nitrogen and oxygen atoms in total. The molecule has 0 fully saturated rings. The van der Waals surface area contributed by atoms with Gasteiger partial charge < -0.3 is 10.1 Å². The van der Waals surface area contributed by atoms with E-state index in [4.69, 9.17) is 4.74 Å². The summed E-state index contributed by atoms with van der Waals surface area (Å²) in [6.45, 7) is 0. The molecule has 1 heterocycles. The molecule has 0 aliphatic rings. The van der Waals surface area contributed by atoms with Gasteiger partial charge in [-0.15, -0.1) is 5.10 Å². The molecule has 0 aliphatic heterocycles. The molecule has 0 aliphatic carbocycles. The Labute approximate surface area is 181 Å². The number of rotatable bonds is 6. The van der Waals surface area contributed by atoms with E-state index in [-0.39, 0.29) is 28.6 Å². The molecule has 0 bridgehead atoms. The van der Waals surface area contributed by atoms with Crippen LogP contribution < -0.4 is 10.1 Å². The number of benzene rings is 3. The maximum Gasteiger partial charge on any atom is 0.336 e. The second kappa shape index (κ2) is 8.64. The van der Waals surface area contributed by atoms with E-state index in [2.05, 4.69) is 15.4 Å². The fourth-order valence-electron chi connectivity index (χ4n) is 3.03. The van der Waals surface area contributed by atoms with Crippen LogP contribution in [0.3, 0.4) is 0 Å². The molecule has 0 saturated carbocycles. The second-order valence-electron chi connectivity index (χ2n) is 6.62. The third kappa shape index (κ3) is 4.15. The first kappa shape index (κ1) is 20.7. The van der Waals surface area contributed by atoms with Gasteiger partial charge in [-0.25, -0.2) is 9.07 Å². The molecular weight excluding hydrogens is 417 g/mol. The molecule has 0 spiro atoms. The average molecular weight is 433 g/mol. The zero-order valence-corrected chi connectivity index (χ0v) is 16.7. The Morgan fingerprint density at radius 1 is 1.09 bits per heavy atom. The van der Waals surface area contributed by atoms with Crippen molar-refractivity contribution >= 4 is 17.3 Å². The van der Waals surface area contributed by atoms with Crippen LogP contribution in [0.25, 0.3) is 17.1 Å². The largest absolute Gasteiger partial charge is 0.466 e. The summed E-state index contributed by atoms with van der Waals surface area (Å²) in [6, 6.07) is 18.3. The topological polar surface area (TPSA) is 112 Å². The van der Waals surface area contributed by atoms with E-state index in [0.29, 0.717) is 11.4 Å². The number of non-ortho nitro benzene ring substituents is 1. The number of nitrogens with zero attached hydrogens (tertiary/aromatic N) is 4. The number of methoxy groups -OCH3 is 1. The van der Waals surface area contributed by atoms with Crippen LogP contribution in [0.1, 0.15) is 10.4 Å². The second-order valence-corrected chi connectivity index (χ2v) is 6.62. The molecule has 0 unspecified atom stereocenters. The predicted molar refractivity (Wildman–Crippen MR) is 114 cm³/mol. The molecular formula is C22H16FN5O4. The van der Waals surface area contributed by atoms with Gasteiger partial charge in [0, 0.05) is 23.4 Å². The number of hydrogen-bond donors (Lipinski definition) is 1. The van der Waals surface area contributed by atoms with Gasteiger partial charge in [-0.1, -0.05) is 18.2 Å². The molecule has 32 heavy (non-hydrogen) atoms. The van der Waals surface area contributed by atoms with Crippen molar-refractivity contribution in [2.45, 2.75) is 0 Å². The van der Waals surface area contributed by atoms with Gasteiger partial charge in [0.05, 0.1) is 23.3 Å². The molecule has 10 heteroatoms. The number of amides is 1. The van der Waals surface area contributed by atoms with E-state index in [9.17, 15) is 19.3 Å². The van der Waals surface area contributed by atoms with Gasteiger partial charge in [0.2, 0.25) is 0 Å². The van der Waals surface area contributed by atoms with E-state index >= 15 is 0 Å². The Kier molecular flexibility index (Phi) is 5.58. The molecule has 0 radical (unpaired) electrons. The van der Waals surface area contributed by atoms with E-state index in [1.165, 1.54) is 42.1 Å². The van der Waals surface area contributed by atoms with E-state index < -0.39 is 16.6 Å². The van der Waals surface area contributed by atoms with Crippen molar-refractivity contribution in [2.75, 3.05) is 12.4 Å². The van der Waals surface area contributed by atoms with Crippen LogP contribution in [-0.2, 0) is 0 Å². The van der Waals surface area contributed by atoms with Crippen LogP contribution in [0.2, 0.25) is 0 Å². The van der Waals surface area contributed by atoms with Gasteiger partial charge in [-0.2, -0.15) is 4.98 Å². The van der Waals surface area contributed by atoms with Crippen LogP contribution >= 0.6 is 0 Å². The number of nitro benzene ring substituents is 1. The number of carbonyl (C=O) groups excluding carboxylic acids is 1. The van der Waals surface area contributed by atoms with E-state index in [1.807, 2.05) is 0 Å². The highest BCUT2D eigenvalue weighted by Crippen LogP contribution is 2.26. The fourth-order valence-corrected chi connectivity index (χ4v) is 3.03. The number of aromatic nitrogens is 3. The summed E-state index contributed by atoms with van der Waals surface area (Å²) in [5.74, 6) is -0.686. The van der Waals surface area contributed by atoms with Gasteiger partial charge in [-0.05, 0) is 42.5 Å². The third-order valence-corrected chi connectivity index (χ3v) is 4.57. The summed E-state index contributed by atoms with van der Waals surface area (Å²) < 4.78 is 20.9. The minimum Gasteiger partial charge on any atom is -0.466 e. The first-order valence-corrected chi connectivity index (χ1v) is 9.38. The fraction of sp³-hybridized carbons (Fsp3) is 0.0455. The first-order chi connectivity index (χ1) is 15.5. The monoisotopic (exact) mass is 433 g/mol. The Bertz CT molecular complexity index is 1300. The molecule has 0 saturated heterocycles. The van der Waals surface area contributed by atoms with Crippen LogP contribution in [-0.4, -0.2) is 32.7 Å². The molecule has 0 atom stereocenters. The number of halogens is 1. The highest BCUT2D eigenvalue weighted by atomic mass is 19.1. The summed E-state index contributed by atoms with van der Waals surface area (Å²) in [5.41, 5.74) is 1.27. The SMILES string of the molecule is COc1nc(-c2ccccc2F)n(-c2ccc(NC(=O)c3cccc([N+](=O)[O-])c3)cc2)n1. The summed E-state index contributed by atoms with van der Waals surface area (Å²) >= 11 is 0. The van der Waals surface area contributed by atoms with Crippen molar-refractivity contribution in [3.8, 4) is 23.1 Å². The minimum atomic E-state index is -0.564. The van der Waals surface area contributed by atoms with Crippen LogP contribution in [0.5, 0.6) is 6.01 Å². The number of nitro groups is 1. The number of nitrogens with one attached hydrogen (secondary N) is 1. The van der Waals surface area contributed by atoms with Crippen LogP contribution in [0, 0.1) is 15.9 Å². The number of anilines is 1. The Morgan fingerprint density at radius 2 is 1.84 bits per heavy atom. The lowest BCUT2D eigenvalue weighted by Crippen LogP contribution is -2.12. The number of ether oxygens (including phenoxy) is 1. The van der Waals surface area contributed by atoms with Crippen molar-refractivity contribution in [3.05, 3.63) is 94.3 Å². The molecule has 4 aromatic rings. The van der Waals surface area contributed by atoms with Crippen molar-refractivity contribution in [3.63, 3.8) is 0 Å². The third-order valence-electron chi connectivity index (χ3n) is 4.57. The number of carbonyl (C=O) groups is 1. The molecule has 1 N–H and O–H groups in total. The van der Waals surface area contributed by atoms with Crippen molar-refractivity contribution in [1.82, 2.24) is 14.8 Å². The highest BCUT2D eigenvalue weighted by Gasteiger charge is 2.17. The van der Waals surface area contributed by atoms with Crippen LogP contribution in [0.4, 0.5) is 15.8 Å². The molecule has 160 valence electrons. The lowest BCUT2D eigenvalue weighted by molar-refractivity contribution is -0.384. The minimum absolute atomic E-state index is 0.0753. The lowest BCUT2D eigenvalue weighted by Gasteiger charge is -2.09. The Balaban J connectivity index is 1.60. The van der Waals surface area contributed by atoms with Gasteiger partial charge in [0.15, 0.2) is 5.82 Å². The average Bonchev–Trinajstić information content (AvgIpc) is 3.24. The molecule has 4 rings (SSSR count). The number of hydrogen-bond acceptors (Lipinski definition) is 6. The quantitative estimate of drug-likeness (QED) is 0.359. The summed E-state index contributed by atoms with van der Waals surface area (Å²) in [6.07, 6.45) is 0. The zero-order valence-electron chi connectivity index (χ0n) is 16.7. The Morgan fingerprint density at radius 3 is 2.53 bits per heavy atom. The van der Waals surface area contributed by atoms with Crippen LogP contribution in [0.15, 0.2) is 72.8 Å². The normalized spacial score (nSPS) is 10.6. The Hall–Kier alpha value is -4.60. The predicted octanol–water partition coefficient (Wildman–Crippen LogP) is 4.24. The maximum absolute atomic E-state index is 14.3. The lowest BCUT2D eigenvalue weighted by atomic mass is 10.2. The highest BCUT2D eigenvalue weighted by molar-refractivity contribution is 6.04. The van der Waals surface area contributed by atoms with Crippen molar-refractivity contribution < 1.29 is 18.8 Å². The van der Waals surface area contributed by atoms with E-state index in [0.717, 1.165) is 0 Å². The summed E-state index contributed by atoms with van der Waals surface area (Å²) in [7, 11) is 1.41. The van der Waals surface area contributed by atoms with Gasteiger partial charge in [0.1, 0.15) is 5.82 Å². The van der Waals surface area contributed by atoms with Crippen molar-refractivity contribution in [1.29, 1.82) is 0 Å². The molecule has 3 aromatic carbocycles. The molecule has 1 amide bonds. The first-order valence-electron chi connectivity index (χ1n) is 9.38. The van der Waals surface area contributed by atoms with Crippen molar-refractivity contribution in [2.24, 2.45) is 0 Å². The van der Waals surface area contributed by atoms with Gasteiger partial charge in [0.25, 0.3) is 11.6 Å². The van der Waals surface area contributed by atoms with E-state index in [1.54, 1.807) is 42.5 Å². The van der Waals surface area contributed by atoms with Gasteiger partial charge >= 0.3 is 6.01 Å². The zero-order chi connectivity index (χ0) is 22.7. The smallest absolute Gasteiger partial charge is 0.336 e. The summed E-state index contributed by atoms with van der Waals surface area (Å²) in [5, 5.41) is 17.8. The van der Waals surface area contributed by atoms with Gasteiger partial charge in [-0.3, -0.25) is 14.9 Å². The summed E-state index contributed by atoms with van der Waals surface area (Å²) in [4.78, 5) is 27.0. The molecule has 1 aromatic heterocycles. The maximum atomic E-state index is 14.3. The standard InChI is InChI=1S/C22H16FN5O4/c1-32-22-25-20(18-7-2-3-8-19(18)23)27(26-22)16-11-9-15(10-12-16)24-21(29)14-5-4-6-17(13-14)28(30)31/h2-13H,1H3,(H,24,29).